The van der Waals surface area contributed by atoms with E-state index in [0.29, 0.717) is 11.6 Å². The molecule has 1 amide bonds. The summed E-state index contributed by atoms with van der Waals surface area (Å²) in [6.45, 7) is 1.65. The topological polar surface area (TPSA) is 49.0 Å². The number of hydrogen-bond donors (Lipinski definition) is 1. The number of aromatic nitrogens is 2. The second-order valence-electron chi connectivity index (χ2n) is 9.24. The van der Waals surface area contributed by atoms with Crippen LogP contribution < -0.4 is 4.90 Å². The molecule has 1 aromatic carbocycles. The van der Waals surface area contributed by atoms with Crippen molar-refractivity contribution in [3.05, 3.63) is 48.1 Å². The van der Waals surface area contributed by atoms with E-state index in [1.807, 2.05) is 18.2 Å². The van der Waals surface area contributed by atoms with Crippen LogP contribution in [0.25, 0.3) is 11.0 Å². The summed E-state index contributed by atoms with van der Waals surface area (Å²) in [6, 6.07) is 5.00. The van der Waals surface area contributed by atoms with Crippen LogP contribution in [-0.2, 0) is 4.79 Å². The van der Waals surface area contributed by atoms with Crippen molar-refractivity contribution in [3.8, 4) is 0 Å². The molecule has 0 spiro atoms. The van der Waals surface area contributed by atoms with Crippen molar-refractivity contribution in [2.24, 2.45) is 23.2 Å². The zero-order valence-corrected chi connectivity index (χ0v) is 16.2. The van der Waals surface area contributed by atoms with E-state index >= 15 is 8.78 Å². The molecule has 4 aliphatic rings. The van der Waals surface area contributed by atoms with Crippen molar-refractivity contribution in [1.82, 2.24) is 9.97 Å². The van der Waals surface area contributed by atoms with E-state index in [0.717, 1.165) is 42.3 Å². The van der Waals surface area contributed by atoms with E-state index in [-0.39, 0.29) is 17.7 Å². The van der Waals surface area contributed by atoms with Gasteiger partial charge in [-0.25, -0.2) is 13.8 Å². The van der Waals surface area contributed by atoms with Crippen LogP contribution in [0.5, 0.6) is 0 Å². The van der Waals surface area contributed by atoms with E-state index in [4.69, 9.17) is 0 Å². The summed E-state index contributed by atoms with van der Waals surface area (Å²) < 4.78 is 31.1. The minimum Gasteiger partial charge on any atom is -0.345 e. The predicted octanol–water partition coefficient (Wildman–Crippen LogP) is 4.85. The second-order valence-corrected chi connectivity index (χ2v) is 9.24. The number of imidazole rings is 1. The maximum atomic E-state index is 15.6. The Morgan fingerprint density at radius 3 is 2.72 bits per heavy atom. The van der Waals surface area contributed by atoms with Crippen molar-refractivity contribution >= 4 is 22.6 Å². The number of fused-ring (bicyclic) bond motifs is 1. The molecule has 29 heavy (non-hydrogen) atoms. The Labute approximate surface area is 167 Å². The molecule has 3 aliphatic carbocycles. The van der Waals surface area contributed by atoms with Gasteiger partial charge in [0.15, 0.2) is 0 Å². The number of H-pyrrole nitrogens is 1. The molecule has 1 aromatic heterocycles. The number of allylic oxidation sites excluding steroid dienone is 3. The average molecular weight is 395 g/mol. The number of halogens is 2. The third kappa shape index (κ3) is 2.41. The number of alkyl halides is 1. The predicted molar refractivity (Wildman–Crippen MR) is 107 cm³/mol. The highest BCUT2D eigenvalue weighted by Gasteiger charge is 2.64. The molecule has 6 heteroatoms. The van der Waals surface area contributed by atoms with Gasteiger partial charge in [0.25, 0.3) is 0 Å². The van der Waals surface area contributed by atoms with Gasteiger partial charge in [-0.3, -0.25) is 4.79 Å². The number of aromatic amines is 1. The van der Waals surface area contributed by atoms with E-state index in [2.05, 4.69) is 9.97 Å². The standard InChI is InChI=1S/C23H23F2N3O/c1-23(18(24)8-14(9-19(23)25)12-2-3-12)21-20(13-4-5-13)22(29)28(21)15-6-7-16-17(10-15)27-11-26-16/h6-13,18,20-21H,2-5H2,1H3,(H,26,27)/t18?,20-,21-,23?/m1/s1. The first kappa shape index (κ1) is 17.4. The Hall–Kier alpha value is -2.50. The molecule has 0 radical (unpaired) electrons. The molecule has 0 bridgehead atoms. The van der Waals surface area contributed by atoms with E-state index in [1.165, 1.54) is 6.08 Å². The zero-order valence-electron chi connectivity index (χ0n) is 16.2. The van der Waals surface area contributed by atoms with Crippen LogP contribution in [0.4, 0.5) is 14.5 Å². The van der Waals surface area contributed by atoms with Gasteiger partial charge < -0.3 is 9.88 Å². The van der Waals surface area contributed by atoms with Crippen LogP contribution in [0.2, 0.25) is 0 Å². The lowest BCUT2D eigenvalue weighted by Crippen LogP contribution is -2.70. The monoisotopic (exact) mass is 395 g/mol. The number of β-lactam (4-membered cyclic amide) rings is 1. The first-order chi connectivity index (χ1) is 14.0. The molecule has 1 N–H and O–H groups in total. The highest BCUT2D eigenvalue weighted by atomic mass is 19.1. The first-order valence-corrected chi connectivity index (χ1v) is 10.5. The minimum atomic E-state index is -1.45. The molecule has 2 saturated carbocycles. The molecule has 6 rings (SSSR count). The summed E-state index contributed by atoms with van der Waals surface area (Å²) in [5.74, 6) is -0.232. The summed E-state index contributed by atoms with van der Waals surface area (Å²) in [6.07, 6.45) is 7.21. The van der Waals surface area contributed by atoms with Crippen LogP contribution in [-0.4, -0.2) is 28.1 Å². The molecule has 2 aromatic rings. The van der Waals surface area contributed by atoms with E-state index < -0.39 is 23.5 Å². The summed E-state index contributed by atoms with van der Waals surface area (Å²) in [4.78, 5) is 22.1. The summed E-state index contributed by atoms with van der Waals surface area (Å²) in [5, 5.41) is 0. The van der Waals surface area contributed by atoms with Crippen LogP contribution in [0, 0.1) is 23.2 Å². The van der Waals surface area contributed by atoms with Gasteiger partial charge in [0.2, 0.25) is 5.91 Å². The number of benzene rings is 1. The Bertz CT molecular complexity index is 1080. The van der Waals surface area contributed by atoms with Gasteiger partial charge in [0, 0.05) is 5.69 Å². The van der Waals surface area contributed by atoms with Crippen molar-refractivity contribution in [2.45, 2.75) is 44.8 Å². The van der Waals surface area contributed by atoms with Gasteiger partial charge in [-0.1, -0.05) is 0 Å². The average Bonchev–Trinajstić information content (AvgIpc) is 3.62. The Morgan fingerprint density at radius 1 is 1.24 bits per heavy atom. The molecule has 3 fully saturated rings. The van der Waals surface area contributed by atoms with Crippen molar-refractivity contribution in [1.29, 1.82) is 0 Å². The zero-order chi connectivity index (χ0) is 19.9. The number of nitrogens with zero attached hydrogens (tertiary/aromatic N) is 2. The molecule has 1 saturated heterocycles. The lowest BCUT2D eigenvalue weighted by Gasteiger charge is -2.56. The maximum absolute atomic E-state index is 15.6. The lowest BCUT2D eigenvalue weighted by atomic mass is 9.62. The normalized spacial score (nSPS) is 34.8. The fraction of sp³-hybridized carbons (Fsp3) is 0.478. The van der Waals surface area contributed by atoms with Gasteiger partial charge >= 0.3 is 0 Å². The highest BCUT2D eigenvalue weighted by molar-refractivity contribution is 6.05. The molecule has 2 heterocycles. The van der Waals surface area contributed by atoms with Crippen LogP contribution in [0.3, 0.4) is 0 Å². The van der Waals surface area contributed by atoms with Gasteiger partial charge in [-0.15, -0.1) is 0 Å². The van der Waals surface area contributed by atoms with Crippen LogP contribution in [0.1, 0.15) is 32.6 Å². The largest absolute Gasteiger partial charge is 0.345 e. The molecule has 4 nitrogen and oxygen atoms in total. The summed E-state index contributed by atoms with van der Waals surface area (Å²) in [7, 11) is 0. The van der Waals surface area contributed by atoms with Gasteiger partial charge in [-0.2, -0.15) is 0 Å². The van der Waals surface area contributed by atoms with E-state index in [1.54, 1.807) is 24.2 Å². The lowest BCUT2D eigenvalue weighted by molar-refractivity contribution is -0.135. The number of amides is 1. The molecule has 1 aliphatic heterocycles. The van der Waals surface area contributed by atoms with Crippen LogP contribution >= 0.6 is 0 Å². The smallest absolute Gasteiger partial charge is 0.232 e. The fourth-order valence-electron chi connectivity index (χ4n) is 5.22. The number of carbonyl (C=O) groups excluding carboxylic acids is 1. The van der Waals surface area contributed by atoms with Crippen molar-refractivity contribution in [3.63, 3.8) is 0 Å². The number of hydrogen-bond acceptors (Lipinski definition) is 2. The Kier molecular flexibility index (Phi) is 3.46. The number of anilines is 1. The molecular weight excluding hydrogens is 372 g/mol. The fourth-order valence-corrected chi connectivity index (χ4v) is 5.22. The van der Waals surface area contributed by atoms with Gasteiger partial charge in [0.1, 0.15) is 12.0 Å². The van der Waals surface area contributed by atoms with Crippen molar-refractivity contribution in [2.75, 3.05) is 4.90 Å². The van der Waals surface area contributed by atoms with Crippen molar-refractivity contribution < 1.29 is 13.6 Å². The molecule has 150 valence electrons. The van der Waals surface area contributed by atoms with Gasteiger partial charge in [0.05, 0.1) is 34.7 Å². The third-order valence-electron chi connectivity index (χ3n) is 7.34. The molecule has 2 unspecified atom stereocenters. The highest BCUT2D eigenvalue weighted by Crippen LogP contribution is 2.58. The Balaban J connectivity index is 1.42. The molecule has 4 atom stereocenters. The van der Waals surface area contributed by atoms with Gasteiger partial charge in [-0.05, 0) is 80.4 Å². The second kappa shape index (κ2) is 5.77. The first-order valence-electron chi connectivity index (χ1n) is 10.5. The van der Waals surface area contributed by atoms with Crippen LogP contribution in [0.15, 0.2) is 48.1 Å². The minimum absolute atomic E-state index is 0.0226. The number of carbonyl (C=O) groups is 1. The molecular formula is C23H23F2N3O. The Morgan fingerprint density at radius 2 is 2.03 bits per heavy atom. The maximum Gasteiger partial charge on any atom is 0.232 e. The third-order valence-corrected chi connectivity index (χ3v) is 7.34. The number of nitrogens with one attached hydrogen (secondary N) is 1. The number of rotatable bonds is 4. The summed E-state index contributed by atoms with van der Waals surface area (Å²) in [5.41, 5.74) is 1.69. The quantitative estimate of drug-likeness (QED) is 0.752. The summed E-state index contributed by atoms with van der Waals surface area (Å²) >= 11 is 0. The SMILES string of the molecule is CC1([C@H]2[C@@H](C3CC3)C(=O)N2c2ccc3[nH]cnc3c2)C(F)=CC(C2CC2)=CC1F. The van der Waals surface area contributed by atoms with E-state index in [9.17, 15) is 4.79 Å².